The van der Waals surface area contributed by atoms with Crippen LogP contribution in [0, 0.1) is 5.92 Å². The van der Waals surface area contributed by atoms with Gasteiger partial charge in [0.1, 0.15) is 5.75 Å². The van der Waals surface area contributed by atoms with Crippen molar-refractivity contribution in [3.63, 3.8) is 0 Å². The fourth-order valence-corrected chi connectivity index (χ4v) is 4.42. The van der Waals surface area contributed by atoms with Gasteiger partial charge >= 0.3 is 0 Å². The molecule has 0 spiro atoms. The van der Waals surface area contributed by atoms with Crippen LogP contribution < -0.4 is 10.3 Å². The van der Waals surface area contributed by atoms with Gasteiger partial charge in [-0.25, -0.2) is 0 Å². The van der Waals surface area contributed by atoms with Crippen molar-refractivity contribution < 1.29 is 9.32 Å². The van der Waals surface area contributed by atoms with E-state index < -0.39 is 8.15 Å². The Morgan fingerprint density at radius 1 is 1.40 bits per heavy atom. The molecule has 1 saturated carbocycles. The highest BCUT2D eigenvalue weighted by Crippen LogP contribution is 2.40. The predicted octanol–water partition coefficient (Wildman–Crippen LogP) is 3.81. The van der Waals surface area contributed by atoms with Gasteiger partial charge in [0, 0.05) is 18.1 Å². The summed E-state index contributed by atoms with van der Waals surface area (Å²) in [5, 5.41) is 0. The molecule has 2 N–H and O–H groups in total. The van der Waals surface area contributed by atoms with Crippen LogP contribution in [0.1, 0.15) is 42.5 Å². The van der Waals surface area contributed by atoms with Gasteiger partial charge in [-0.3, -0.25) is 4.79 Å². The first kappa shape index (κ1) is 15.5. The lowest BCUT2D eigenvalue weighted by Crippen LogP contribution is -2.08. The van der Waals surface area contributed by atoms with Gasteiger partial charge in [-0.15, -0.1) is 0 Å². The van der Waals surface area contributed by atoms with E-state index in [1.807, 2.05) is 24.3 Å². The Labute approximate surface area is 122 Å². The summed E-state index contributed by atoms with van der Waals surface area (Å²) in [6, 6.07) is 7.51. The van der Waals surface area contributed by atoms with Crippen molar-refractivity contribution in [1.82, 2.24) is 0 Å². The number of benzene rings is 1. The lowest BCUT2D eigenvalue weighted by molar-refractivity contribution is 0.0985. The molecule has 1 atom stereocenters. The molecule has 3 nitrogen and oxygen atoms in total. The summed E-state index contributed by atoms with van der Waals surface area (Å²) < 4.78 is 6.03. The number of hydrogen-bond donors (Lipinski definition) is 1. The zero-order valence-corrected chi connectivity index (χ0v) is 13.1. The van der Waals surface area contributed by atoms with Crippen LogP contribution in [0.15, 0.2) is 24.3 Å². The van der Waals surface area contributed by atoms with Crippen LogP contribution in [-0.2, 0) is 0 Å². The Morgan fingerprint density at radius 3 is 2.85 bits per heavy atom. The average molecular weight is 293 g/mol. The van der Waals surface area contributed by atoms with Crippen LogP contribution >= 0.6 is 8.15 Å². The third-order valence-electron chi connectivity index (χ3n) is 3.78. The molecule has 1 unspecified atom stereocenters. The van der Waals surface area contributed by atoms with E-state index in [4.69, 9.17) is 10.3 Å². The summed E-state index contributed by atoms with van der Waals surface area (Å²) in [6.07, 6.45) is 7.02. The smallest absolute Gasteiger partial charge is 0.164 e. The van der Waals surface area contributed by atoms with E-state index in [2.05, 4.69) is 6.66 Å². The van der Waals surface area contributed by atoms with Crippen molar-refractivity contribution in [3.8, 4) is 5.75 Å². The highest BCUT2D eigenvalue weighted by atomic mass is 31.1. The van der Waals surface area contributed by atoms with E-state index >= 15 is 0 Å². The third-order valence-corrected chi connectivity index (χ3v) is 5.33. The van der Waals surface area contributed by atoms with Crippen LogP contribution in [0.25, 0.3) is 0 Å². The number of ketones is 1. The molecule has 0 bridgehead atoms. The van der Waals surface area contributed by atoms with Gasteiger partial charge in [0.2, 0.25) is 0 Å². The van der Waals surface area contributed by atoms with Crippen LogP contribution in [0.4, 0.5) is 0 Å². The minimum atomic E-state index is -0.443. The fraction of sp³-hybridized carbons (Fsp3) is 0.562. The number of carbonyl (C=O) groups is 1. The normalized spacial score (nSPS) is 17.1. The molecule has 1 aromatic carbocycles. The second-order valence-electron chi connectivity index (χ2n) is 5.54. The Bertz CT molecular complexity index is 444. The van der Waals surface area contributed by atoms with Crippen molar-refractivity contribution in [1.29, 1.82) is 0 Å². The van der Waals surface area contributed by atoms with Crippen LogP contribution in [-0.4, -0.2) is 25.2 Å². The number of carbonyl (C=O) groups excluding carboxylic acids is 1. The molecule has 0 aromatic heterocycles. The van der Waals surface area contributed by atoms with E-state index in [9.17, 15) is 4.79 Å². The quantitative estimate of drug-likeness (QED) is 0.614. The Balaban J connectivity index is 1.91. The molecule has 0 heterocycles. The number of hydrogen-bond acceptors (Lipinski definition) is 3. The molecule has 110 valence electrons. The SMILES string of the molecule is CP(CC1CCCC1)Oc1cccc(C(=O)CCN)c1. The van der Waals surface area contributed by atoms with Gasteiger partial charge in [-0.05, 0) is 44.1 Å². The molecule has 0 saturated heterocycles. The molecule has 0 amide bonds. The molecular formula is C16H24NO2P. The first-order chi connectivity index (χ1) is 9.69. The molecule has 1 fully saturated rings. The maximum Gasteiger partial charge on any atom is 0.164 e. The van der Waals surface area contributed by atoms with Crippen molar-refractivity contribution >= 4 is 13.9 Å². The van der Waals surface area contributed by atoms with Gasteiger partial charge in [0.05, 0.1) is 8.15 Å². The summed E-state index contributed by atoms with van der Waals surface area (Å²) >= 11 is 0. The summed E-state index contributed by atoms with van der Waals surface area (Å²) in [5.74, 6) is 1.75. The van der Waals surface area contributed by atoms with Gasteiger partial charge in [0.25, 0.3) is 0 Å². The summed E-state index contributed by atoms with van der Waals surface area (Å²) in [6.45, 7) is 2.58. The van der Waals surface area contributed by atoms with Crippen LogP contribution in [0.2, 0.25) is 0 Å². The van der Waals surface area contributed by atoms with Gasteiger partial charge in [-0.1, -0.05) is 25.0 Å². The van der Waals surface area contributed by atoms with Crippen LogP contribution in [0.5, 0.6) is 5.75 Å². The van der Waals surface area contributed by atoms with Crippen molar-refractivity contribution in [2.24, 2.45) is 11.7 Å². The highest BCUT2D eigenvalue weighted by Gasteiger charge is 2.19. The minimum Gasteiger partial charge on any atom is -0.474 e. The van der Waals surface area contributed by atoms with Crippen LogP contribution in [0.3, 0.4) is 0 Å². The maximum atomic E-state index is 11.8. The van der Waals surface area contributed by atoms with Gasteiger partial charge in [-0.2, -0.15) is 0 Å². The van der Waals surface area contributed by atoms with E-state index in [0.717, 1.165) is 11.7 Å². The zero-order valence-electron chi connectivity index (χ0n) is 12.2. The Hall–Kier alpha value is -0.920. The molecule has 4 heteroatoms. The van der Waals surface area contributed by atoms with E-state index in [-0.39, 0.29) is 5.78 Å². The van der Waals surface area contributed by atoms with Gasteiger partial charge in [0.15, 0.2) is 5.78 Å². The number of rotatable bonds is 7. The highest BCUT2D eigenvalue weighted by molar-refractivity contribution is 7.52. The maximum absolute atomic E-state index is 11.8. The predicted molar refractivity (Wildman–Crippen MR) is 84.7 cm³/mol. The standard InChI is InChI=1S/C16H24NO2P/c1-20(12-13-5-2-3-6-13)19-15-8-4-7-14(11-15)16(18)9-10-17/h4,7-8,11,13H,2-3,5-6,9-10,12,17H2,1H3. The summed E-state index contributed by atoms with van der Waals surface area (Å²) in [4.78, 5) is 11.8. The second kappa shape index (κ2) is 7.75. The number of nitrogens with two attached hydrogens (primary N) is 1. The van der Waals surface area contributed by atoms with Crippen molar-refractivity contribution in [3.05, 3.63) is 29.8 Å². The average Bonchev–Trinajstić information content (AvgIpc) is 2.92. The first-order valence-corrected chi connectivity index (χ1v) is 9.30. The topological polar surface area (TPSA) is 52.3 Å². The summed E-state index contributed by atoms with van der Waals surface area (Å²) in [5.41, 5.74) is 6.13. The zero-order chi connectivity index (χ0) is 14.4. The lowest BCUT2D eigenvalue weighted by atomic mass is 10.1. The van der Waals surface area contributed by atoms with E-state index in [1.54, 1.807) is 0 Å². The van der Waals surface area contributed by atoms with E-state index in [1.165, 1.54) is 31.8 Å². The van der Waals surface area contributed by atoms with Crippen molar-refractivity contribution in [2.45, 2.75) is 32.1 Å². The minimum absolute atomic E-state index is 0.0918. The first-order valence-electron chi connectivity index (χ1n) is 7.41. The van der Waals surface area contributed by atoms with E-state index in [0.29, 0.717) is 18.5 Å². The largest absolute Gasteiger partial charge is 0.474 e. The lowest BCUT2D eigenvalue weighted by Gasteiger charge is -2.18. The molecule has 2 rings (SSSR count). The van der Waals surface area contributed by atoms with Crippen molar-refractivity contribution in [2.75, 3.05) is 19.4 Å². The molecular weight excluding hydrogens is 269 g/mol. The fourth-order valence-electron chi connectivity index (χ4n) is 2.78. The number of Topliss-reactive ketones (excluding diaryl/α,β-unsaturated/α-hetero) is 1. The van der Waals surface area contributed by atoms with Gasteiger partial charge < -0.3 is 10.3 Å². The molecule has 1 aliphatic carbocycles. The summed E-state index contributed by atoms with van der Waals surface area (Å²) in [7, 11) is -0.443. The third kappa shape index (κ3) is 4.57. The Kier molecular flexibility index (Phi) is 6.00. The Morgan fingerprint density at radius 2 is 2.15 bits per heavy atom. The monoisotopic (exact) mass is 293 g/mol. The molecule has 0 aliphatic heterocycles. The molecule has 1 aromatic rings. The molecule has 1 aliphatic rings. The second-order valence-corrected chi connectivity index (χ2v) is 7.35. The molecule has 0 radical (unpaired) electrons. The molecule has 20 heavy (non-hydrogen) atoms.